The molecule has 1 aromatic carbocycles. The maximum Gasteiger partial charge on any atom is 0.332 e. The number of para-hydroxylation sites is 1. The Morgan fingerprint density at radius 3 is 2.68 bits per heavy atom. The molecule has 2 aromatic heterocycles. The number of amides is 1. The van der Waals surface area contributed by atoms with Crippen molar-refractivity contribution in [1.29, 1.82) is 0 Å². The molecule has 1 amide bonds. The van der Waals surface area contributed by atoms with Gasteiger partial charge in [0.15, 0.2) is 6.61 Å². The largest absolute Gasteiger partial charge is 0.456 e. The molecule has 0 fully saturated rings. The van der Waals surface area contributed by atoms with E-state index < -0.39 is 29.7 Å². The molecular formula is C18H18N4O5S. The average molecular weight is 402 g/mol. The quantitative estimate of drug-likeness (QED) is 0.611. The molecule has 0 atom stereocenters. The normalized spacial score (nSPS) is 10.8. The first-order valence-corrected chi connectivity index (χ1v) is 9.24. The van der Waals surface area contributed by atoms with Crippen molar-refractivity contribution < 1.29 is 14.3 Å². The third-order valence-electron chi connectivity index (χ3n) is 4.04. The number of carbonyl (C=O) groups is 2. The Morgan fingerprint density at radius 1 is 1.18 bits per heavy atom. The molecule has 9 nitrogen and oxygen atoms in total. The minimum Gasteiger partial charge on any atom is -0.456 e. The Hall–Kier alpha value is -3.27. The summed E-state index contributed by atoms with van der Waals surface area (Å²) in [7, 11) is 2.75. The second-order valence-corrected chi connectivity index (χ2v) is 7.17. The molecule has 3 aromatic rings. The first-order valence-electron chi connectivity index (χ1n) is 8.42. The van der Waals surface area contributed by atoms with Crippen LogP contribution in [0.25, 0.3) is 10.2 Å². The predicted molar refractivity (Wildman–Crippen MR) is 104 cm³/mol. The van der Waals surface area contributed by atoms with Crippen LogP contribution in [0.15, 0.2) is 39.9 Å². The Morgan fingerprint density at radius 2 is 1.93 bits per heavy atom. The summed E-state index contributed by atoms with van der Waals surface area (Å²) in [6.07, 6.45) is 0.514. The molecule has 0 bridgehead atoms. The lowest BCUT2D eigenvalue weighted by Crippen LogP contribution is -2.38. The lowest BCUT2D eigenvalue weighted by atomic mass is 10.3. The van der Waals surface area contributed by atoms with E-state index in [1.165, 1.54) is 25.4 Å². The zero-order chi connectivity index (χ0) is 20.3. The molecule has 146 valence electrons. The molecule has 0 radical (unpaired) electrons. The summed E-state index contributed by atoms with van der Waals surface area (Å²) in [4.78, 5) is 51.7. The molecule has 10 heteroatoms. The monoisotopic (exact) mass is 402 g/mol. The number of hydrogen-bond acceptors (Lipinski definition) is 7. The number of fused-ring (bicyclic) bond motifs is 1. The van der Waals surface area contributed by atoms with E-state index in [9.17, 15) is 19.2 Å². The van der Waals surface area contributed by atoms with Gasteiger partial charge in [0.05, 0.1) is 21.6 Å². The number of hydrogen-bond donors (Lipinski definition) is 1. The number of nitrogens with zero attached hydrogens (tertiary/aromatic N) is 3. The summed E-state index contributed by atoms with van der Waals surface area (Å²) in [5, 5.41) is 3.21. The van der Waals surface area contributed by atoms with Gasteiger partial charge in [-0.3, -0.25) is 23.5 Å². The first-order chi connectivity index (χ1) is 13.3. The fraction of sp³-hybridized carbons (Fsp3) is 0.278. The van der Waals surface area contributed by atoms with Crippen LogP contribution in [0.1, 0.15) is 11.4 Å². The van der Waals surface area contributed by atoms with Crippen molar-refractivity contribution >= 4 is 39.2 Å². The van der Waals surface area contributed by atoms with Gasteiger partial charge in [0.25, 0.3) is 11.5 Å². The van der Waals surface area contributed by atoms with Gasteiger partial charge in [0.1, 0.15) is 5.82 Å². The standard InChI is InChI=1S/C18H18N4O5S/c1-21-13(9-16(24)22(2)18(21)26)20-14(23)10-27-17(25)8-7-15-19-11-5-3-4-6-12(11)28-15/h3-6,9H,7-8,10H2,1-2H3,(H,20,23). The lowest BCUT2D eigenvalue weighted by molar-refractivity contribution is -0.147. The number of aromatic nitrogens is 3. The molecule has 2 heterocycles. The topological polar surface area (TPSA) is 112 Å². The van der Waals surface area contributed by atoms with E-state index in [1.54, 1.807) is 0 Å². The predicted octanol–water partition coefficient (Wildman–Crippen LogP) is 0.808. The van der Waals surface area contributed by atoms with E-state index in [-0.39, 0.29) is 12.2 Å². The van der Waals surface area contributed by atoms with Crippen LogP contribution in [0, 0.1) is 0 Å². The number of aryl methyl sites for hydroxylation is 1. The van der Waals surface area contributed by atoms with Crippen LogP contribution in [-0.4, -0.2) is 32.6 Å². The molecule has 28 heavy (non-hydrogen) atoms. The summed E-state index contributed by atoms with van der Waals surface area (Å²) in [5.41, 5.74) is -0.239. The van der Waals surface area contributed by atoms with Crippen LogP contribution in [0.2, 0.25) is 0 Å². The van der Waals surface area contributed by atoms with Gasteiger partial charge >= 0.3 is 11.7 Å². The van der Waals surface area contributed by atoms with E-state index in [0.717, 1.165) is 30.4 Å². The highest BCUT2D eigenvalue weighted by Gasteiger charge is 2.13. The Labute approximate surface area is 163 Å². The molecule has 3 rings (SSSR count). The number of carbonyl (C=O) groups excluding carboxylic acids is 2. The summed E-state index contributed by atoms with van der Waals surface area (Å²) >= 11 is 1.51. The molecule has 0 aliphatic carbocycles. The van der Waals surface area contributed by atoms with Crippen molar-refractivity contribution in [1.82, 2.24) is 14.1 Å². The van der Waals surface area contributed by atoms with Crippen molar-refractivity contribution in [2.45, 2.75) is 12.8 Å². The summed E-state index contributed by atoms with van der Waals surface area (Å²) in [6, 6.07) is 8.81. The second kappa shape index (κ2) is 8.17. The third-order valence-corrected chi connectivity index (χ3v) is 5.14. The smallest absolute Gasteiger partial charge is 0.332 e. The Bertz CT molecular complexity index is 1130. The zero-order valence-electron chi connectivity index (χ0n) is 15.3. The molecule has 0 saturated carbocycles. The highest BCUT2D eigenvalue weighted by Crippen LogP contribution is 2.22. The van der Waals surface area contributed by atoms with Crippen LogP contribution in [0.3, 0.4) is 0 Å². The molecule has 0 unspecified atom stereocenters. The lowest BCUT2D eigenvalue weighted by Gasteiger charge is -2.10. The van der Waals surface area contributed by atoms with Crippen molar-refractivity contribution in [2.24, 2.45) is 14.1 Å². The fourth-order valence-corrected chi connectivity index (χ4v) is 3.45. The minimum absolute atomic E-state index is 0.0311. The SMILES string of the molecule is Cn1c(NC(=O)COC(=O)CCc2nc3ccccc3s2)cc(=O)n(C)c1=O. The molecule has 0 aliphatic heterocycles. The van der Waals surface area contributed by atoms with Crippen molar-refractivity contribution in [3.63, 3.8) is 0 Å². The summed E-state index contributed by atoms with van der Waals surface area (Å²) in [6.45, 7) is -0.512. The van der Waals surface area contributed by atoms with Crippen molar-refractivity contribution in [3.8, 4) is 0 Å². The van der Waals surface area contributed by atoms with Crippen LogP contribution in [-0.2, 0) is 34.8 Å². The molecule has 1 N–H and O–H groups in total. The first kappa shape index (κ1) is 19.5. The average Bonchev–Trinajstić information content (AvgIpc) is 3.10. The maximum absolute atomic E-state index is 11.9. The van der Waals surface area contributed by atoms with Gasteiger partial charge in [-0.15, -0.1) is 11.3 Å². The molecule has 0 saturated heterocycles. The number of anilines is 1. The van der Waals surface area contributed by atoms with Gasteiger partial charge < -0.3 is 10.1 Å². The highest BCUT2D eigenvalue weighted by atomic mass is 32.1. The van der Waals surface area contributed by atoms with Gasteiger partial charge in [-0.25, -0.2) is 9.78 Å². The van der Waals surface area contributed by atoms with Gasteiger partial charge in [-0.05, 0) is 12.1 Å². The number of rotatable bonds is 6. The van der Waals surface area contributed by atoms with Gasteiger partial charge in [0.2, 0.25) is 0 Å². The van der Waals surface area contributed by atoms with E-state index in [0.29, 0.717) is 6.42 Å². The van der Waals surface area contributed by atoms with Gasteiger partial charge in [0, 0.05) is 26.6 Å². The molecule has 0 spiro atoms. The third kappa shape index (κ3) is 4.34. The van der Waals surface area contributed by atoms with E-state index in [1.807, 2.05) is 24.3 Å². The second-order valence-electron chi connectivity index (χ2n) is 6.05. The van der Waals surface area contributed by atoms with Crippen LogP contribution in [0.4, 0.5) is 5.82 Å². The van der Waals surface area contributed by atoms with Crippen molar-refractivity contribution in [2.75, 3.05) is 11.9 Å². The van der Waals surface area contributed by atoms with Crippen LogP contribution in [0.5, 0.6) is 0 Å². The van der Waals surface area contributed by atoms with Crippen LogP contribution < -0.4 is 16.6 Å². The molecular weight excluding hydrogens is 384 g/mol. The van der Waals surface area contributed by atoms with Gasteiger partial charge in [-0.1, -0.05) is 12.1 Å². The number of ether oxygens (including phenoxy) is 1. The van der Waals surface area contributed by atoms with E-state index in [2.05, 4.69) is 10.3 Å². The summed E-state index contributed by atoms with van der Waals surface area (Å²) in [5.74, 6) is -1.15. The van der Waals surface area contributed by atoms with Crippen molar-refractivity contribution in [3.05, 3.63) is 56.2 Å². The van der Waals surface area contributed by atoms with E-state index >= 15 is 0 Å². The number of benzene rings is 1. The summed E-state index contributed by atoms with van der Waals surface area (Å²) < 4.78 is 8.03. The molecule has 0 aliphatic rings. The van der Waals surface area contributed by atoms with Crippen LogP contribution >= 0.6 is 11.3 Å². The van der Waals surface area contributed by atoms with Gasteiger partial charge in [-0.2, -0.15) is 0 Å². The number of nitrogens with one attached hydrogen (secondary N) is 1. The Balaban J connectivity index is 1.51. The minimum atomic E-state index is -0.642. The Kier molecular flexibility index (Phi) is 5.69. The fourth-order valence-electron chi connectivity index (χ4n) is 2.49. The number of esters is 1. The van der Waals surface area contributed by atoms with E-state index in [4.69, 9.17) is 4.74 Å². The highest BCUT2D eigenvalue weighted by molar-refractivity contribution is 7.18. The zero-order valence-corrected chi connectivity index (χ0v) is 16.1. The number of thiazole rings is 1. The maximum atomic E-state index is 11.9.